The zero-order chi connectivity index (χ0) is 17.6. The number of ether oxygens (including phenoxy) is 2. The summed E-state index contributed by atoms with van der Waals surface area (Å²) in [6, 6.07) is 7.57. The summed E-state index contributed by atoms with van der Waals surface area (Å²) in [5.41, 5.74) is 0.135. The van der Waals surface area contributed by atoms with E-state index in [9.17, 15) is 9.59 Å². The van der Waals surface area contributed by atoms with Crippen molar-refractivity contribution in [3.8, 4) is 5.75 Å². The molecular weight excluding hydrogens is 308 g/mol. The van der Waals surface area contributed by atoms with E-state index in [2.05, 4.69) is 5.32 Å². The van der Waals surface area contributed by atoms with Crippen LogP contribution in [0.4, 0.5) is 0 Å². The molecule has 0 unspecified atom stereocenters. The predicted molar refractivity (Wildman–Crippen MR) is 90.7 cm³/mol. The summed E-state index contributed by atoms with van der Waals surface area (Å²) < 4.78 is 10.2. The lowest BCUT2D eigenvalue weighted by atomic mass is 9.97. The van der Waals surface area contributed by atoms with E-state index in [1.807, 2.05) is 31.2 Å². The van der Waals surface area contributed by atoms with Crippen molar-refractivity contribution in [2.24, 2.45) is 0 Å². The van der Waals surface area contributed by atoms with E-state index >= 15 is 0 Å². The van der Waals surface area contributed by atoms with Crippen molar-refractivity contribution < 1.29 is 19.1 Å². The number of nitrogens with one attached hydrogen (secondary N) is 1. The lowest BCUT2D eigenvalue weighted by molar-refractivity contribution is -0.141. The van der Waals surface area contributed by atoms with Crippen molar-refractivity contribution in [2.45, 2.75) is 38.3 Å². The van der Waals surface area contributed by atoms with E-state index in [1.165, 1.54) is 0 Å². The van der Waals surface area contributed by atoms with E-state index in [-0.39, 0.29) is 11.8 Å². The first-order chi connectivity index (χ1) is 11.5. The van der Waals surface area contributed by atoms with E-state index < -0.39 is 5.54 Å². The molecule has 1 aromatic rings. The fourth-order valence-electron chi connectivity index (χ4n) is 2.96. The number of carbonyl (C=O) groups excluding carboxylic acids is 2. The number of benzene rings is 1. The zero-order valence-electron chi connectivity index (χ0n) is 14.6. The van der Waals surface area contributed by atoms with E-state index in [0.29, 0.717) is 32.5 Å². The highest BCUT2D eigenvalue weighted by atomic mass is 16.5. The van der Waals surface area contributed by atoms with Gasteiger partial charge in [0.1, 0.15) is 11.3 Å². The molecule has 0 aliphatic carbocycles. The number of amides is 2. The van der Waals surface area contributed by atoms with Gasteiger partial charge in [-0.3, -0.25) is 9.59 Å². The van der Waals surface area contributed by atoms with Gasteiger partial charge in [-0.25, -0.2) is 0 Å². The minimum absolute atomic E-state index is 0.00682. The van der Waals surface area contributed by atoms with Gasteiger partial charge in [0.05, 0.1) is 7.11 Å². The summed E-state index contributed by atoms with van der Waals surface area (Å²) in [6.07, 6.45) is 1.68. The Balaban J connectivity index is 2.07. The standard InChI is InChI=1S/C18H26N2O4/c1-18(17(22)19-10-5-11-23-2)9-8-16(21)20(18)13-14-6-4-7-15(12-14)24-3/h4,6-7,12H,5,8-11,13H2,1-3H3,(H,19,22)/t18-/m1/s1. The topological polar surface area (TPSA) is 67.9 Å². The fraction of sp³-hybridized carbons (Fsp3) is 0.556. The van der Waals surface area contributed by atoms with Crippen LogP contribution in [0.3, 0.4) is 0 Å². The minimum Gasteiger partial charge on any atom is -0.497 e. The first-order valence-electron chi connectivity index (χ1n) is 8.22. The molecule has 1 aromatic carbocycles. The van der Waals surface area contributed by atoms with Gasteiger partial charge >= 0.3 is 0 Å². The Labute approximate surface area is 143 Å². The first-order valence-corrected chi connectivity index (χ1v) is 8.22. The number of methoxy groups -OCH3 is 2. The zero-order valence-corrected chi connectivity index (χ0v) is 14.6. The Kier molecular flexibility index (Phi) is 6.20. The molecule has 24 heavy (non-hydrogen) atoms. The number of hydrogen-bond acceptors (Lipinski definition) is 4. The van der Waals surface area contributed by atoms with Gasteiger partial charge in [-0.05, 0) is 37.5 Å². The maximum atomic E-state index is 12.6. The van der Waals surface area contributed by atoms with Gasteiger partial charge in [0.2, 0.25) is 11.8 Å². The molecule has 2 amide bonds. The van der Waals surface area contributed by atoms with E-state index in [1.54, 1.807) is 19.1 Å². The van der Waals surface area contributed by atoms with Crippen molar-refractivity contribution in [3.05, 3.63) is 29.8 Å². The van der Waals surface area contributed by atoms with Crippen LogP contribution in [-0.4, -0.2) is 49.6 Å². The average molecular weight is 334 g/mol. The second-order valence-electron chi connectivity index (χ2n) is 6.21. The molecule has 0 spiro atoms. The molecule has 1 atom stereocenters. The smallest absolute Gasteiger partial charge is 0.245 e. The molecule has 0 radical (unpaired) electrons. The van der Waals surface area contributed by atoms with Gasteiger partial charge in [0, 0.05) is 33.2 Å². The van der Waals surface area contributed by atoms with Gasteiger partial charge in [-0.2, -0.15) is 0 Å². The van der Waals surface area contributed by atoms with Gasteiger partial charge in [0.25, 0.3) is 0 Å². The van der Waals surface area contributed by atoms with Crippen LogP contribution in [0.25, 0.3) is 0 Å². The summed E-state index contributed by atoms with van der Waals surface area (Å²) in [4.78, 5) is 26.6. The Morgan fingerprint density at radius 3 is 2.88 bits per heavy atom. The molecule has 6 heteroatoms. The van der Waals surface area contributed by atoms with Crippen LogP contribution in [0.1, 0.15) is 31.7 Å². The number of likely N-dealkylation sites (tertiary alicyclic amines) is 1. The predicted octanol–water partition coefficient (Wildman–Crippen LogP) is 1.73. The van der Waals surface area contributed by atoms with Crippen LogP contribution in [-0.2, 0) is 20.9 Å². The SMILES string of the molecule is COCCCNC(=O)[C@@]1(C)CCC(=O)N1Cc1cccc(OC)c1. The minimum atomic E-state index is -0.812. The fourth-order valence-corrected chi connectivity index (χ4v) is 2.96. The summed E-state index contributed by atoms with van der Waals surface area (Å²) in [5.74, 6) is 0.643. The molecule has 1 saturated heterocycles. The van der Waals surface area contributed by atoms with E-state index in [0.717, 1.165) is 17.7 Å². The van der Waals surface area contributed by atoms with Crippen LogP contribution < -0.4 is 10.1 Å². The van der Waals surface area contributed by atoms with Crippen molar-refractivity contribution in [1.29, 1.82) is 0 Å². The molecule has 0 bridgehead atoms. The molecule has 1 fully saturated rings. The van der Waals surface area contributed by atoms with Crippen LogP contribution in [0.15, 0.2) is 24.3 Å². The maximum absolute atomic E-state index is 12.6. The van der Waals surface area contributed by atoms with Crippen LogP contribution >= 0.6 is 0 Å². The Morgan fingerprint density at radius 1 is 1.38 bits per heavy atom. The molecule has 1 heterocycles. The number of carbonyl (C=O) groups is 2. The highest BCUT2D eigenvalue weighted by molar-refractivity contribution is 5.94. The maximum Gasteiger partial charge on any atom is 0.245 e. The second-order valence-corrected chi connectivity index (χ2v) is 6.21. The molecule has 1 aliphatic heterocycles. The molecular formula is C18H26N2O4. The highest BCUT2D eigenvalue weighted by Crippen LogP contribution is 2.32. The summed E-state index contributed by atoms with van der Waals surface area (Å²) in [7, 11) is 3.24. The van der Waals surface area contributed by atoms with Crippen LogP contribution in [0, 0.1) is 0 Å². The molecule has 6 nitrogen and oxygen atoms in total. The lowest BCUT2D eigenvalue weighted by Gasteiger charge is -2.34. The molecule has 132 valence electrons. The van der Waals surface area contributed by atoms with Crippen molar-refractivity contribution in [3.63, 3.8) is 0 Å². The Bertz CT molecular complexity index is 590. The van der Waals surface area contributed by atoms with Gasteiger partial charge < -0.3 is 19.7 Å². The normalized spacial score (nSPS) is 20.3. The van der Waals surface area contributed by atoms with Crippen molar-refractivity contribution in [1.82, 2.24) is 10.2 Å². The molecule has 0 saturated carbocycles. The quantitative estimate of drug-likeness (QED) is 0.735. The first kappa shape index (κ1) is 18.3. The monoisotopic (exact) mass is 334 g/mol. The van der Waals surface area contributed by atoms with Crippen molar-refractivity contribution in [2.75, 3.05) is 27.4 Å². The van der Waals surface area contributed by atoms with Gasteiger partial charge in [-0.1, -0.05) is 12.1 Å². The molecule has 2 rings (SSSR count). The third kappa shape index (κ3) is 4.06. The molecule has 1 aliphatic rings. The molecule has 0 aromatic heterocycles. The number of rotatable bonds is 8. The van der Waals surface area contributed by atoms with Crippen LogP contribution in [0.2, 0.25) is 0 Å². The second kappa shape index (κ2) is 8.15. The Hall–Kier alpha value is -2.08. The number of nitrogens with zero attached hydrogens (tertiary/aromatic N) is 1. The number of hydrogen-bond donors (Lipinski definition) is 1. The van der Waals surface area contributed by atoms with Gasteiger partial charge in [0.15, 0.2) is 0 Å². The van der Waals surface area contributed by atoms with E-state index in [4.69, 9.17) is 9.47 Å². The van der Waals surface area contributed by atoms with Crippen molar-refractivity contribution >= 4 is 11.8 Å². The molecule has 1 N–H and O–H groups in total. The third-order valence-corrected chi connectivity index (χ3v) is 4.50. The summed E-state index contributed by atoms with van der Waals surface area (Å²) in [6.45, 7) is 3.38. The highest BCUT2D eigenvalue weighted by Gasteiger charge is 2.46. The lowest BCUT2D eigenvalue weighted by Crippen LogP contribution is -2.54. The van der Waals surface area contributed by atoms with Gasteiger partial charge in [-0.15, -0.1) is 0 Å². The largest absolute Gasteiger partial charge is 0.497 e. The third-order valence-electron chi connectivity index (χ3n) is 4.50. The summed E-state index contributed by atoms with van der Waals surface area (Å²) >= 11 is 0. The Morgan fingerprint density at radius 2 is 2.17 bits per heavy atom. The summed E-state index contributed by atoms with van der Waals surface area (Å²) in [5, 5.41) is 2.92. The average Bonchev–Trinajstić information content (AvgIpc) is 2.88. The van der Waals surface area contributed by atoms with Crippen LogP contribution in [0.5, 0.6) is 5.75 Å².